The average Bonchev–Trinajstić information content (AvgIpc) is 3.69. The second kappa shape index (κ2) is 9.88. The van der Waals surface area contributed by atoms with Crippen LogP contribution < -0.4 is 10.6 Å². The van der Waals surface area contributed by atoms with Gasteiger partial charge in [-0.15, -0.1) is 0 Å². The second-order valence-electron chi connectivity index (χ2n) is 11.6. The van der Waals surface area contributed by atoms with Gasteiger partial charge >= 0.3 is 6.09 Å². The highest BCUT2D eigenvalue weighted by molar-refractivity contribution is 5.91. The van der Waals surface area contributed by atoms with E-state index in [0.717, 1.165) is 53.1 Å². The molecule has 2 aromatic carbocycles. The second-order valence-corrected chi connectivity index (χ2v) is 11.6. The van der Waals surface area contributed by atoms with E-state index < -0.39 is 11.6 Å². The number of aromatic nitrogens is 1. The van der Waals surface area contributed by atoms with Crippen molar-refractivity contribution in [3.05, 3.63) is 71.9 Å². The molecule has 1 aromatic heterocycles. The molecule has 194 valence electrons. The van der Waals surface area contributed by atoms with Crippen LogP contribution >= 0.6 is 0 Å². The standard InChI is InChI=1S/C31H37N3O3/c1-31(18-23-19-33-26-10-6-5-9-24(23)26,29(35)32-16-15-20-7-3-2-4-8-20)34-30(36)37-27-14-13-25-21-11-12-22(17-21)28(25)27/h2-10,19,21-22,25,27-28,33H,11-18H2,1H3,(H,32,35)(H,34,36)/t21-,22+,25+,27-,28-,31?/m0/s1. The van der Waals surface area contributed by atoms with Crippen LogP contribution in [0.3, 0.4) is 0 Å². The minimum Gasteiger partial charge on any atom is -0.446 e. The molecule has 6 atom stereocenters. The molecule has 6 rings (SSSR count). The Morgan fingerprint density at radius 3 is 2.65 bits per heavy atom. The van der Waals surface area contributed by atoms with Crippen molar-refractivity contribution in [3.8, 4) is 0 Å². The van der Waals surface area contributed by atoms with Gasteiger partial charge in [0.15, 0.2) is 0 Å². The minimum absolute atomic E-state index is 0.0289. The van der Waals surface area contributed by atoms with Crippen LogP contribution in [0.15, 0.2) is 60.8 Å². The van der Waals surface area contributed by atoms with E-state index in [0.29, 0.717) is 24.8 Å². The third kappa shape index (κ3) is 4.74. The highest BCUT2D eigenvalue weighted by Gasteiger charge is 2.54. The lowest BCUT2D eigenvalue weighted by molar-refractivity contribution is -0.127. The van der Waals surface area contributed by atoms with Crippen LogP contribution in [0, 0.1) is 23.7 Å². The number of nitrogens with one attached hydrogen (secondary N) is 3. The molecule has 3 fully saturated rings. The van der Waals surface area contributed by atoms with E-state index in [1.807, 2.05) is 55.6 Å². The van der Waals surface area contributed by atoms with E-state index in [-0.39, 0.29) is 12.0 Å². The van der Waals surface area contributed by atoms with Crippen molar-refractivity contribution < 1.29 is 14.3 Å². The first-order chi connectivity index (χ1) is 18.0. The molecule has 2 amide bonds. The Bertz CT molecular complexity index is 1270. The van der Waals surface area contributed by atoms with Gasteiger partial charge in [-0.3, -0.25) is 4.79 Å². The fraction of sp³-hybridized carbons (Fsp3) is 0.484. The predicted molar refractivity (Wildman–Crippen MR) is 144 cm³/mol. The molecule has 37 heavy (non-hydrogen) atoms. The molecule has 0 saturated heterocycles. The topological polar surface area (TPSA) is 83.2 Å². The van der Waals surface area contributed by atoms with E-state index in [4.69, 9.17) is 4.74 Å². The van der Waals surface area contributed by atoms with Crippen LogP contribution in [0.5, 0.6) is 0 Å². The number of fused-ring (bicyclic) bond motifs is 6. The summed E-state index contributed by atoms with van der Waals surface area (Å²) in [6.45, 7) is 2.31. The van der Waals surface area contributed by atoms with E-state index >= 15 is 0 Å². The van der Waals surface area contributed by atoms with Crippen LogP contribution in [-0.4, -0.2) is 35.2 Å². The molecule has 3 aromatic rings. The molecule has 3 N–H and O–H groups in total. The summed E-state index contributed by atoms with van der Waals surface area (Å²) < 4.78 is 6.07. The average molecular weight is 500 g/mol. The van der Waals surface area contributed by atoms with Crippen molar-refractivity contribution in [2.24, 2.45) is 23.7 Å². The van der Waals surface area contributed by atoms with Gasteiger partial charge in [0.25, 0.3) is 0 Å². The molecule has 0 spiro atoms. The summed E-state index contributed by atoms with van der Waals surface area (Å²) in [6, 6.07) is 18.1. The highest BCUT2D eigenvalue weighted by Crippen LogP contribution is 2.59. The van der Waals surface area contributed by atoms with E-state index in [1.54, 1.807) is 0 Å². The van der Waals surface area contributed by atoms with Crippen LogP contribution in [0.2, 0.25) is 0 Å². The van der Waals surface area contributed by atoms with Crippen LogP contribution in [0.1, 0.15) is 50.2 Å². The molecule has 3 aliphatic carbocycles. The number of hydrogen-bond donors (Lipinski definition) is 3. The van der Waals surface area contributed by atoms with Crippen molar-refractivity contribution in [3.63, 3.8) is 0 Å². The molecular weight excluding hydrogens is 462 g/mol. The van der Waals surface area contributed by atoms with Gasteiger partial charge in [0.2, 0.25) is 5.91 Å². The van der Waals surface area contributed by atoms with Crippen molar-refractivity contribution in [2.45, 2.75) is 63.5 Å². The number of aromatic amines is 1. The summed E-state index contributed by atoms with van der Waals surface area (Å²) in [6.07, 6.45) is 8.55. The molecule has 1 unspecified atom stereocenters. The highest BCUT2D eigenvalue weighted by atomic mass is 16.6. The summed E-state index contributed by atoms with van der Waals surface area (Å²) in [5, 5.41) is 7.14. The zero-order valence-corrected chi connectivity index (χ0v) is 21.5. The Balaban J connectivity index is 1.16. The number of benzene rings is 2. The third-order valence-electron chi connectivity index (χ3n) is 9.27. The van der Waals surface area contributed by atoms with Crippen LogP contribution in [0.25, 0.3) is 10.9 Å². The number of amides is 2. The fourth-order valence-electron chi connectivity index (χ4n) is 7.54. The number of carbonyl (C=O) groups is 2. The Morgan fingerprint density at radius 2 is 1.78 bits per heavy atom. The molecular formula is C31H37N3O3. The van der Waals surface area contributed by atoms with E-state index in [1.165, 1.54) is 19.3 Å². The Labute approximate surface area is 218 Å². The summed E-state index contributed by atoms with van der Waals surface area (Å²) in [5.74, 6) is 2.55. The van der Waals surface area contributed by atoms with Gasteiger partial charge in [0, 0.05) is 36.0 Å². The number of hydrogen-bond acceptors (Lipinski definition) is 3. The van der Waals surface area contributed by atoms with Gasteiger partial charge in [0.1, 0.15) is 11.6 Å². The number of para-hydroxylation sites is 1. The van der Waals surface area contributed by atoms with E-state index in [2.05, 4.69) is 27.8 Å². The van der Waals surface area contributed by atoms with Crippen molar-refractivity contribution in [1.29, 1.82) is 0 Å². The summed E-state index contributed by atoms with van der Waals surface area (Å²) in [7, 11) is 0. The number of carbonyl (C=O) groups excluding carboxylic acids is 2. The van der Waals surface area contributed by atoms with Crippen LogP contribution in [-0.2, 0) is 22.4 Å². The van der Waals surface area contributed by atoms with Crippen molar-refractivity contribution >= 4 is 22.9 Å². The summed E-state index contributed by atoms with van der Waals surface area (Å²) in [5.41, 5.74) is 2.02. The Hall–Kier alpha value is -3.28. The maximum absolute atomic E-state index is 13.6. The number of rotatable bonds is 8. The maximum Gasteiger partial charge on any atom is 0.408 e. The lowest BCUT2D eigenvalue weighted by Gasteiger charge is -2.32. The zero-order chi connectivity index (χ0) is 25.4. The summed E-state index contributed by atoms with van der Waals surface area (Å²) >= 11 is 0. The predicted octanol–water partition coefficient (Wildman–Crippen LogP) is 5.38. The Morgan fingerprint density at radius 1 is 1.00 bits per heavy atom. The summed E-state index contributed by atoms with van der Waals surface area (Å²) in [4.78, 5) is 30.2. The van der Waals surface area contributed by atoms with Gasteiger partial charge in [-0.2, -0.15) is 0 Å². The monoisotopic (exact) mass is 499 g/mol. The normalized spacial score (nSPS) is 27.5. The number of H-pyrrole nitrogens is 1. The lowest BCUT2D eigenvalue weighted by Crippen LogP contribution is -2.59. The first-order valence-electron chi connectivity index (χ1n) is 13.9. The van der Waals surface area contributed by atoms with Gasteiger partial charge in [-0.05, 0) is 80.4 Å². The van der Waals surface area contributed by atoms with Gasteiger partial charge in [-0.25, -0.2) is 4.79 Å². The van der Waals surface area contributed by atoms with Gasteiger partial charge < -0.3 is 20.4 Å². The number of ether oxygens (including phenoxy) is 1. The minimum atomic E-state index is -1.15. The van der Waals surface area contributed by atoms with Crippen molar-refractivity contribution in [1.82, 2.24) is 15.6 Å². The first-order valence-corrected chi connectivity index (χ1v) is 13.9. The molecule has 3 saturated carbocycles. The van der Waals surface area contributed by atoms with Crippen molar-refractivity contribution in [2.75, 3.05) is 6.54 Å². The largest absolute Gasteiger partial charge is 0.446 e. The zero-order valence-electron chi connectivity index (χ0n) is 21.5. The molecule has 6 nitrogen and oxygen atoms in total. The first kappa shape index (κ1) is 24.1. The van der Waals surface area contributed by atoms with Gasteiger partial charge in [0.05, 0.1) is 0 Å². The molecule has 0 aliphatic heterocycles. The van der Waals surface area contributed by atoms with E-state index in [9.17, 15) is 9.59 Å². The number of alkyl carbamates (subject to hydrolysis) is 1. The lowest BCUT2D eigenvalue weighted by atomic mass is 9.81. The van der Waals surface area contributed by atoms with Gasteiger partial charge in [-0.1, -0.05) is 48.5 Å². The maximum atomic E-state index is 13.6. The quantitative estimate of drug-likeness (QED) is 0.389. The molecule has 2 bridgehead atoms. The molecule has 1 heterocycles. The molecule has 3 aliphatic rings. The smallest absolute Gasteiger partial charge is 0.408 e. The molecule has 0 radical (unpaired) electrons. The molecule has 6 heteroatoms. The fourth-order valence-corrected chi connectivity index (χ4v) is 7.54. The van der Waals surface area contributed by atoms with Crippen LogP contribution in [0.4, 0.5) is 4.79 Å². The third-order valence-corrected chi connectivity index (χ3v) is 9.27. The SMILES string of the molecule is CC(Cc1c[nH]c2ccccc12)(NC(=O)O[C@H]1CC[C@@H]2[C@H]3CC[C@H](C3)[C@@H]21)C(=O)NCCc1ccccc1. The Kier molecular flexibility index (Phi) is 6.43.